The van der Waals surface area contributed by atoms with Crippen molar-refractivity contribution in [2.45, 2.75) is 33.1 Å². The van der Waals surface area contributed by atoms with Gasteiger partial charge >= 0.3 is 0 Å². The van der Waals surface area contributed by atoms with Crippen molar-refractivity contribution in [1.29, 1.82) is 0 Å². The highest BCUT2D eigenvalue weighted by atomic mass is 32.1. The van der Waals surface area contributed by atoms with Crippen molar-refractivity contribution in [3.8, 4) is 0 Å². The predicted octanol–water partition coefficient (Wildman–Crippen LogP) is 3.22. The van der Waals surface area contributed by atoms with E-state index >= 15 is 0 Å². The summed E-state index contributed by atoms with van der Waals surface area (Å²) < 4.78 is 0. The Morgan fingerprint density at radius 2 is 1.96 bits per heavy atom. The van der Waals surface area contributed by atoms with Gasteiger partial charge in [-0.2, -0.15) is 0 Å². The van der Waals surface area contributed by atoms with Crippen molar-refractivity contribution in [3.63, 3.8) is 0 Å². The molecule has 26 heavy (non-hydrogen) atoms. The third-order valence-electron chi connectivity index (χ3n) is 4.50. The topological polar surface area (TPSA) is 66.4 Å². The summed E-state index contributed by atoms with van der Waals surface area (Å²) in [6.07, 6.45) is 2.50. The van der Waals surface area contributed by atoms with Crippen LogP contribution < -0.4 is 4.90 Å². The number of carbonyl (C=O) groups is 2. The minimum Gasteiger partial charge on any atom is -0.355 e. The van der Waals surface area contributed by atoms with E-state index in [-0.39, 0.29) is 11.7 Å². The largest absolute Gasteiger partial charge is 0.355 e. The third-order valence-corrected chi connectivity index (χ3v) is 5.64. The van der Waals surface area contributed by atoms with Gasteiger partial charge in [0.1, 0.15) is 11.5 Å². The highest BCUT2D eigenvalue weighted by molar-refractivity contribution is 7.09. The quantitative estimate of drug-likeness (QED) is 0.771. The second-order valence-electron chi connectivity index (χ2n) is 6.82. The molecule has 1 fully saturated rings. The number of amides is 1. The molecule has 0 N–H and O–H groups in total. The summed E-state index contributed by atoms with van der Waals surface area (Å²) in [5, 5.41) is 2.86. The van der Waals surface area contributed by atoms with E-state index in [1.165, 1.54) is 6.92 Å². The molecule has 1 aliphatic heterocycles. The molecule has 0 atom stereocenters. The van der Waals surface area contributed by atoms with Crippen LogP contribution in [0.2, 0.25) is 0 Å². The molecule has 0 aromatic carbocycles. The number of rotatable bonds is 4. The molecule has 3 rings (SSSR count). The van der Waals surface area contributed by atoms with Gasteiger partial charge in [-0.15, -0.1) is 11.3 Å². The van der Waals surface area contributed by atoms with Crippen molar-refractivity contribution in [1.82, 2.24) is 14.9 Å². The summed E-state index contributed by atoms with van der Waals surface area (Å²) in [6, 6.07) is 3.69. The normalized spacial score (nSPS) is 15.2. The van der Waals surface area contributed by atoms with E-state index in [2.05, 4.69) is 28.7 Å². The smallest absolute Gasteiger partial charge is 0.273 e. The Bertz CT molecular complexity index is 785. The van der Waals surface area contributed by atoms with Gasteiger partial charge < -0.3 is 9.80 Å². The molecule has 1 amide bonds. The Morgan fingerprint density at radius 3 is 2.58 bits per heavy atom. The standard InChI is InChI=1S/C19H24N4O2S/c1-13(2)18-21-16(12-26-18)19(25)23-8-4-7-22(9-10-23)17-6-5-15(11-20-17)14(3)24/h5-6,11-13H,4,7-10H2,1-3H3. The first-order valence-electron chi connectivity index (χ1n) is 8.92. The second kappa shape index (κ2) is 7.95. The van der Waals surface area contributed by atoms with Crippen molar-refractivity contribution in [3.05, 3.63) is 40.0 Å². The molecule has 0 saturated carbocycles. The van der Waals surface area contributed by atoms with Gasteiger partial charge in [-0.25, -0.2) is 9.97 Å². The number of ketones is 1. The van der Waals surface area contributed by atoms with Crippen LogP contribution in [0.25, 0.3) is 0 Å². The van der Waals surface area contributed by atoms with E-state index in [9.17, 15) is 9.59 Å². The molecule has 1 aliphatic rings. The number of hydrogen-bond acceptors (Lipinski definition) is 6. The van der Waals surface area contributed by atoms with Crippen LogP contribution >= 0.6 is 11.3 Å². The van der Waals surface area contributed by atoms with Crippen LogP contribution in [0.15, 0.2) is 23.7 Å². The van der Waals surface area contributed by atoms with E-state index in [0.29, 0.717) is 23.7 Å². The van der Waals surface area contributed by atoms with Gasteiger partial charge in [-0.05, 0) is 25.5 Å². The molecule has 0 bridgehead atoms. The number of aromatic nitrogens is 2. The van der Waals surface area contributed by atoms with Crippen molar-refractivity contribution in [2.24, 2.45) is 0 Å². The fraction of sp³-hybridized carbons (Fsp3) is 0.474. The highest BCUT2D eigenvalue weighted by Gasteiger charge is 2.23. The summed E-state index contributed by atoms with van der Waals surface area (Å²) in [4.78, 5) is 37.1. The molecule has 6 nitrogen and oxygen atoms in total. The first kappa shape index (κ1) is 18.5. The van der Waals surface area contributed by atoms with Gasteiger partial charge in [0, 0.05) is 49.2 Å². The van der Waals surface area contributed by atoms with Gasteiger partial charge in [0.15, 0.2) is 5.78 Å². The van der Waals surface area contributed by atoms with Crippen LogP contribution in [0.4, 0.5) is 5.82 Å². The molecule has 0 aliphatic carbocycles. The van der Waals surface area contributed by atoms with E-state index in [1.54, 1.807) is 23.6 Å². The van der Waals surface area contributed by atoms with Gasteiger partial charge in [-0.3, -0.25) is 9.59 Å². The number of pyridine rings is 1. The van der Waals surface area contributed by atoms with Gasteiger partial charge in [-0.1, -0.05) is 13.8 Å². The molecule has 0 spiro atoms. The average molecular weight is 372 g/mol. The van der Waals surface area contributed by atoms with Crippen LogP contribution in [0, 0.1) is 0 Å². The zero-order valence-electron chi connectivity index (χ0n) is 15.4. The third kappa shape index (κ3) is 4.09. The lowest BCUT2D eigenvalue weighted by molar-refractivity contribution is 0.0761. The summed E-state index contributed by atoms with van der Waals surface area (Å²) in [6.45, 7) is 8.63. The number of carbonyl (C=O) groups excluding carboxylic acids is 2. The fourth-order valence-electron chi connectivity index (χ4n) is 2.94. The van der Waals surface area contributed by atoms with E-state index < -0.39 is 0 Å². The predicted molar refractivity (Wildman–Crippen MR) is 103 cm³/mol. The Balaban J connectivity index is 1.65. The molecule has 138 valence electrons. The van der Waals surface area contributed by atoms with E-state index in [4.69, 9.17) is 0 Å². The van der Waals surface area contributed by atoms with Crippen LogP contribution in [-0.4, -0.2) is 52.7 Å². The first-order chi connectivity index (χ1) is 12.5. The van der Waals surface area contributed by atoms with Crippen LogP contribution in [-0.2, 0) is 0 Å². The average Bonchev–Trinajstić information content (AvgIpc) is 3.00. The van der Waals surface area contributed by atoms with Gasteiger partial charge in [0.05, 0.1) is 5.01 Å². The molecule has 0 unspecified atom stereocenters. The number of hydrogen-bond donors (Lipinski definition) is 0. The minimum atomic E-state index is 0.00915. The monoisotopic (exact) mass is 372 g/mol. The second-order valence-corrected chi connectivity index (χ2v) is 7.71. The summed E-state index contributed by atoms with van der Waals surface area (Å²) in [5.74, 6) is 1.21. The summed E-state index contributed by atoms with van der Waals surface area (Å²) >= 11 is 1.55. The molecule has 7 heteroatoms. The van der Waals surface area contributed by atoms with E-state index in [0.717, 1.165) is 36.9 Å². The van der Waals surface area contributed by atoms with E-state index in [1.807, 2.05) is 16.3 Å². The van der Waals surface area contributed by atoms with Gasteiger partial charge in [0.2, 0.25) is 0 Å². The maximum Gasteiger partial charge on any atom is 0.273 e. The van der Waals surface area contributed by atoms with Crippen molar-refractivity contribution >= 4 is 28.8 Å². The number of Topliss-reactive ketones (excluding diaryl/α,β-unsaturated/α-hetero) is 1. The van der Waals surface area contributed by atoms with Crippen LogP contribution in [0.1, 0.15) is 59.0 Å². The maximum atomic E-state index is 12.7. The molecule has 0 radical (unpaired) electrons. The maximum absolute atomic E-state index is 12.7. The number of anilines is 1. The fourth-order valence-corrected chi connectivity index (χ4v) is 3.75. The number of nitrogens with zero attached hydrogens (tertiary/aromatic N) is 4. The van der Waals surface area contributed by atoms with Crippen molar-refractivity contribution < 1.29 is 9.59 Å². The molecule has 1 saturated heterocycles. The van der Waals surface area contributed by atoms with Crippen LogP contribution in [0.5, 0.6) is 0 Å². The Labute approximate surface area is 157 Å². The SMILES string of the molecule is CC(=O)c1ccc(N2CCCN(C(=O)c3csc(C(C)C)n3)CC2)nc1. The molecule has 2 aromatic rings. The Morgan fingerprint density at radius 1 is 1.15 bits per heavy atom. The summed E-state index contributed by atoms with van der Waals surface area (Å²) in [7, 11) is 0. The Kier molecular flexibility index (Phi) is 5.66. The van der Waals surface area contributed by atoms with Crippen molar-refractivity contribution in [2.75, 3.05) is 31.1 Å². The lowest BCUT2D eigenvalue weighted by atomic mass is 10.2. The van der Waals surface area contributed by atoms with Crippen LogP contribution in [0.3, 0.4) is 0 Å². The zero-order valence-corrected chi connectivity index (χ0v) is 16.3. The highest BCUT2D eigenvalue weighted by Crippen LogP contribution is 2.21. The van der Waals surface area contributed by atoms with Gasteiger partial charge in [0.25, 0.3) is 5.91 Å². The number of thiazole rings is 1. The minimum absolute atomic E-state index is 0.00915. The molecule has 3 heterocycles. The lowest BCUT2D eigenvalue weighted by Crippen LogP contribution is -2.35. The summed E-state index contributed by atoms with van der Waals surface area (Å²) in [5.41, 5.74) is 1.17. The Hall–Kier alpha value is -2.28. The first-order valence-corrected chi connectivity index (χ1v) is 9.80. The molecular weight excluding hydrogens is 348 g/mol. The zero-order chi connectivity index (χ0) is 18.7. The molecule has 2 aromatic heterocycles. The molecular formula is C19H24N4O2S. The lowest BCUT2D eigenvalue weighted by Gasteiger charge is -2.22.